The number of non-ortho nitro benzene ring substituents is 1. The summed E-state index contributed by atoms with van der Waals surface area (Å²) in [4.78, 5) is 25.3. The number of hydrogen-bond donors (Lipinski definition) is 1. The van der Waals surface area contributed by atoms with Gasteiger partial charge in [-0.25, -0.2) is 0 Å². The second-order valence-corrected chi connectivity index (χ2v) is 6.31. The molecule has 1 amide bonds. The van der Waals surface area contributed by atoms with E-state index in [1.807, 2.05) is 24.3 Å². The minimum atomic E-state index is -0.546. The molecule has 2 aromatic rings. The fourth-order valence-electron chi connectivity index (χ4n) is 2.87. The van der Waals surface area contributed by atoms with E-state index >= 15 is 0 Å². The Morgan fingerprint density at radius 3 is 2.52 bits per heavy atom. The smallest absolute Gasteiger partial charge is 0.270 e. The molecular formula is C21H27N3O5. The molecule has 0 spiro atoms. The highest BCUT2D eigenvalue weighted by Gasteiger charge is 2.17. The first-order valence-corrected chi connectivity index (χ1v) is 9.53. The van der Waals surface area contributed by atoms with Gasteiger partial charge in [0.25, 0.3) is 11.6 Å². The Labute approximate surface area is 170 Å². The van der Waals surface area contributed by atoms with Crippen molar-refractivity contribution in [3.63, 3.8) is 0 Å². The summed E-state index contributed by atoms with van der Waals surface area (Å²) in [7, 11) is 1.41. The lowest BCUT2D eigenvalue weighted by atomic mass is 10.1. The van der Waals surface area contributed by atoms with Gasteiger partial charge < -0.3 is 19.7 Å². The lowest BCUT2D eigenvalue weighted by Crippen LogP contribution is -2.28. The van der Waals surface area contributed by atoms with Gasteiger partial charge in [-0.05, 0) is 25.2 Å². The Morgan fingerprint density at radius 1 is 1.14 bits per heavy atom. The fourth-order valence-corrected chi connectivity index (χ4v) is 2.87. The van der Waals surface area contributed by atoms with Gasteiger partial charge in [-0.1, -0.05) is 32.0 Å². The van der Waals surface area contributed by atoms with E-state index in [-0.39, 0.29) is 23.5 Å². The molecule has 1 N–H and O–H groups in total. The van der Waals surface area contributed by atoms with Gasteiger partial charge in [0.15, 0.2) is 0 Å². The van der Waals surface area contributed by atoms with Gasteiger partial charge in [0.2, 0.25) is 0 Å². The van der Waals surface area contributed by atoms with Crippen molar-refractivity contribution >= 4 is 11.6 Å². The average Bonchev–Trinajstić information content (AvgIpc) is 2.75. The van der Waals surface area contributed by atoms with Gasteiger partial charge in [0.05, 0.1) is 17.6 Å². The summed E-state index contributed by atoms with van der Waals surface area (Å²) < 4.78 is 11.1. The van der Waals surface area contributed by atoms with Crippen molar-refractivity contribution in [2.45, 2.75) is 20.4 Å². The molecule has 29 heavy (non-hydrogen) atoms. The van der Waals surface area contributed by atoms with Crippen LogP contribution in [0.15, 0.2) is 42.5 Å². The second-order valence-electron chi connectivity index (χ2n) is 6.31. The molecule has 8 nitrogen and oxygen atoms in total. The van der Waals surface area contributed by atoms with Crippen LogP contribution in [-0.4, -0.2) is 49.1 Å². The van der Waals surface area contributed by atoms with Gasteiger partial charge >= 0.3 is 0 Å². The zero-order valence-electron chi connectivity index (χ0n) is 17.0. The minimum absolute atomic E-state index is 0.113. The van der Waals surface area contributed by atoms with E-state index in [1.54, 1.807) is 0 Å². The number of nitro benzene ring substituents is 1. The third-order valence-corrected chi connectivity index (χ3v) is 4.61. The van der Waals surface area contributed by atoms with Crippen LogP contribution in [0.25, 0.3) is 0 Å². The molecule has 2 rings (SSSR count). The van der Waals surface area contributed by atoms with Gasteiger partial charge in [-0.2, -0.15) is 0 Å². The number of methoxy groups -OCH3 is 1. The predicted octanol–water partition coefficient (Wildman–Crippen LogP) is 3.25. The van der Waals surface area contributed by atoms with Crippen LogP contribution < -0.4 is 14.8 Å². The summed E-state index contributed by atoms with van der Waals surface area (Å²) in [5, 5.41) is 13.8. The van der Waals surface area contributed by atoms with E-state index in [1.165, 1.54) is 25.3 Å². The lowest BCUT2D eigenvalue weighted by Gasteiger charge is -2.19. The maximum absolute atomic E-state index is 12.6. The van der Waals surface area contributed by atoms with Crippen LogP contribution in [0.3, 0.4) is 0 Å². The number of ether oxygens (including phenoxy) is 2. The number of likely N-dealkylation sites (N-methyl/N-ethyl adjacent to an activating group) is 1. The molecule has 0 saturated heterocycles. The Bertz CT molecular complexity index is 837. The molecular weight excluding hydrogens is 374 g/mol. The highest BCUT2D eigenvalue weighted by molar-refractivity contribution is 5.97. The molecule has 0 aliphatic heterocycles. The normalized spacial score (nSPS) is 10.6. The number of para-hydroxylation sites is 1. The van der Waals surface area contributed by atoms with Crippen molar-refractivity contribution in [3.8, 4) is 11.5 Å². The van der Waals surface area contributed by atoms with Crippen molar-refractivity contribution < 1.29 is 19.2 Å². The number of carbonyl (C=O) groups excluding carboxylic acids is 1. The Morgan fingerprint density at radius 2 is 1.86 bits per heavy atom. The van der Waals surface area contributed by atoms with Gasteiger partial charge in [0, 0.05) is 30.8 Å². The fraction of sp³-hybridized carbons (Fsp3) is 0.381. The van der Waals surface area contributed by atoms with Crippen LogP contribution in [0.1, 0.15) is 29.8 Å². The van der Waals surface area contributed by atoms with E-state index in [2.05, 4.69) is 24.1 Å². The molecule has 2 aromatic carbocycles. The second kappa shape index (κ2) is 11.0. The van der Waals surface area contributed by atoms with Crippen LogP contribution in [-0.2, 0) is 6.54 Å². The molecule has 0 unspecified atom stereocenters. The minimum Gasteiger partial charge on any atom is -0.496 e. The summed E-state index contributed by atoms with van der Waals surface area (Å²) >= 11 is 0. The summed E-state index contributed by atoms with van der Waals surface area (Å²) in [5.41, 5.74) is 0.766. The third-order valence-electron chi connectivity index (χ3n) is 4.61. The highest BCUT2D eigenvalue weighted by atomic mass is 16.6. The van der Waals surface area contributed by atoms with E-state index in [4.69, 9.17) is 9.47 Å². The van der Waals surface area contributed by atoms with Crippen molar-refractivity contribution in [2.75, 3.05) is 33.4 Å². The first-order chi connectivity index (χ1) is 14.0. The van der Waals surface area contributed by atoms with Crippen LogP contribution in [0, 0.1) is 10.1 Å². The number of nitrogens with zero attached hydrogens (tertiary/aromatic N) is 2. The molecule has 0 saturated carbocycles. The van der Waals surface area contributed by atoms with Gasteiger partial charge in [-0.15, -0.1) is 0 Å². The number of nitrogens with one attached hydrogen (secondary N) is 1. The predicted molar refractivity (Wildman–Crippen MR) is 111 cm³/mol. The molecule has 156 valence electrons. The van der Waals surface area contributed by atoms with Crippen molar-refractivity contribution in [2.24, 2.45) is 0 Å². The van der Waals surface area contributed by atoms with E-state index < -0.39 is 10.8 Å². The molecule has 0 aliphatic carbocycles. The molecule has 0 fully saturated rings. The number of hydrogen-bond acceptors (Lipinski definition) is 6. The molecule has 0 radical (unpaired) electrons. The standard InChI is InChI=1S/C21H27N3O5/c1-4-23(5-2)12-13-29-19-9-7-6-8-16(19)15-22-21(25)18-14-17(24(26)27)10-11-20(18)28-3/h6-11,14H,4-5,12-13,15H2,1-3H3,(H,22,25). The first-order valence-electron chi connectivity index (χ1n) is 9.53. The number of carbonyl (C=O) groups is 1. The van der Waals surface area contributed by atoms with Crippen molar-refractivity contribution in [1.29, 1.82) is 0 Å². The summed E-state index contributed by atoms with van der Waals surface area (Å²) in [6.45, 7) is 7.73. The zero-order valence-corrected chi connectivity index (χ0v) is 17.0. The summed E-state index contributed by atoms with van der Waals surface area (Å²) in [6.07, 6.45) is 0. The Kier molecular flexibility index (Phi) is 8.42. The lowest BCUT2D eigenvalue weighted by molar-refractivity contribution is -0.384. The van der Waals surface area contributed by atoms with Gasteiger partial charge in [-0.3, -0.25) is 14.9 Å². The summed E-state index contributed by atoms with van der Waals surface area (Å²) in [5.74, 6) is 0.520. The van der Waals surface area contributed by atoms with Crippen LogP contribution >= 0.6 is 0 Å². The van der Waals surface area contributed by atoms with Crippen LogP contribution in [0.4, 0.5) is 5.69 Å². The maximum Gasteiger partial charge on any atom is 0.270 e. The molecule has 0 atom stereocenters. The molecule has 0 aromatic heterocycles. The van der Waals surface area contributed by atoms with Crippen molar-refractivity contribution in [1.82, 2.24) is 10.2 Å². The average molecular weight is 401 g/mol. The number of amides is 1. The number of nitro groups is 1. The van der Waals surface area contributed by atoms with E-state index in [0.717, 1.165) is 25.2 Å². The molecule has 0 bridgehead atoms. The van der Waals surface area contributed by atoms with Gasteiger partial charge in [0.1, 0.15) is 18.1 Å². The van der Waals surface area contributed by atoms with Crippen LogP contribution in [0.2, 0.25) is 0 Å². The largest absolute Gasteiger partial charge is 0.496 e. The number of rotatable bonds is 11. The molecule has 0 heterocycles. The highest BCUT2D eigenvalue weighted by Crippen LogP contribution is 2.24. The third kappa shape index (κ3) is 6.18. The summed E-state index contributed by atoms with van der Waals surface area (Å²) in [6, 6.07) is 11.4. The monoisotopic (exact) mass is 401 g/mol. The van der Waals surface area contributed by atoms with E-state index in [9.17, 15) is 14.9 Å². The van der Waals surface area contributed by atoms with Crippen LogP contribution in [0.5, 0.6) is 11.5 Å². The molecule has 0 aliphatic rings. The molecule has 8 heteroatoms. The van der Waals surface area contributed by atoms with E-state index in [0.29, 0.717) is 12.4 Å². The Balaban J connectivity index is 2.05. The maximum atomic E-state index is 12.6. The van der Waals surface area contributed by atoms with Crippen molar-refractivity contribution in [3.05, 3.63) is 63.7 Å². The first kappa shape index (κ1) is 22.2. The number of benzene rings is 2. The SMILES string of the molecule is CCN(CC)CCOc1ccccc1CNC(=O)c1cc([N+](=O)[O-])ccc1OC. The quantitative estimate of drug-likeness (QED) is 0.459. The Hall–Kier alpha value is -3.13. The topological polar surface area (TPSA) is 93.9 Å². The zero-order chi connectivity index (χ0) is 21.2.